The number of hydrogen-bond acceptors (Lipinski definition) is 7. The molecule has 0 fully saturated rings. The Morgan fingerprint density at radius 2 is 1.29 bits per heavy atom. The molecule has 2 N–H and O–H groups in total. The average molecular weight is 499 g/mol. The predicted octanol–water partition coefficient (Wildman–Crippen LogP) is 3.29. The smallest absolute Gasteiger partial charge is 0.233 e. The van der Waals surface area contributed by atoms with E-state index in [0.717, 1.165) is 11.1 Å². The van der Waals surface area contributed by atoms with E-state index in [9.17, 15) is 9.59 Å². The number of nitrogens with zero attached hydrogens (tertiary/aromatic N) is 5. The first-order chi connectivity index (χ1) is 16.5. The number of carbonyl (C=O) groups is 2. The zero-order chi connectivity index (χ0) is 24.5. The summed E-state index contributed by atoms with van der Waals surface area (Å²) in [6.07, 6.45) is 0. The first-order valence-corrected chi connectivity index (χ1v) is 13.0. The number of nitrogen functional groups attached to an aromatic ring is 1. The van der Waals surface area contributed by atoms with Gasteiger partial charge in [0.2, 0.25) is 22.1 Å². The molecule has 3 rings (SSSR count). The van der Waals surface area contributed by atoms with Crippen molar-refractivity contribution in [3.63, 3.8) is 0 Å². The van der Waals surface area contributed by atoms with Crippen molar-refractivity contribution >= 4 is 35.3 Å². The summed E-state index contributed by atoms with van der Waals surface area (Å²) in [7, 11) is 1.81. The van der Waals surface area contributed by atoms with Gasteiger partial charge in [-0.05, 0) is 25.0 Å². The molecule has 34 heavy (non-hydrogen) atoms. The van der Waals surface area contributed by atoms with Gasteiger partial charge in [0.1, 0.15) is 0 Å². The van der Waals surface area contributed by atoms with Crippen LogP contribution in [0.3, 0.4) is 0 Å². The van der Waals surface area contributed by atoms with Crippen LogP contribution in [0.2, 0.25) is 0 Å². The van der Waals surface area contributed by atoms with E-state index in [-0.39, 0.29) is 29.4 Å². The van der Waals surface area contributed by atoms with E-state index >= 15 is 0 Å². The van der Waals surface area contributed by atoms with Crippen molar-refractivity contribution in [3.8, 4) is 0 Å². The zero-order valence-corrected chi connectivity index (χ0v) is 21.3. The number of aromatic nitrogens is 3. The van der Waals surface area contributed by atoms with Crippen molar-refractivity contribution in [3.05, 3.63) is 71.8 Å². The summed E-state index contributed by atoms with van der Waals surface area (Å²) in [5, 5.41) is 9.06. The monoisotopic (exact) mass is 498 g/mol. The highest BCUT2D eigenvalue weighted by Gasteiger charge is 2.24. The summed E-state index contributed by atoms with van der Waals surface area (Å²) < 4.78 is 1.34. The third kappa shape index (κ3) is 6.32. The molecule has 1 aromatic heterocycles. The molecule has 8 nitrogen and oxygen atoms in total. The third-order valence-corrected chi connectivity index (χ3v) is 7.27. The Labute approximate surface area is 208 Å². The van der Waals surface area contributed by atoms with Crippen LogP contribution in [0.4, 0.5) is 0 Å². The van der Waals surface area contributed by atoms with Gasteiger partial charge in [-0.2, -0.15) is 0 Å². The van der Waals surface area contributed by atoms with Crippen LogP contribution >= 0.6 is 23.5 Å². The Morgan fingerprint density at radius 1 is 0.853 bits per heavy atom. The van der Waals surface area contributed by atoms with Crippen LogP contribution < -0.4 is 5.84 Å². The summed E-state index contributed by atoms with van der Waals surface area (Å²) in [6, 6.07) is 19.7. The molecule has 0 saturated heterocycles. The second kappa shape index (κ2) is 12.5. The van der Waals surface area contributed by atoms with Gasteiger partial charge in [-0.25, -0.2) is 4.68 Å². The lowest BCUT2D eigenvalue weighted by atomic mass is 9.97. The van der Waals surface area contributed by atoms with Crippen molar-refractivity contribution < 1.29 is 9.59 Å². The second-order valence-corrected chi connectivity index (χ2v) is 9.39. The molecule has 2 aromatic carbocycles. The van der Waals surface area contributed by atoms with E-state index < -0.39 is 0 Å². The van der Waals surface area contributed by atoms with Gasteiger partial charge in [-0.15, -0.1) is 10.2 Å². The van der Waals surface area contributed by atoms with Crippen molar-refractivity contribution in [1.29, 1.82) is 0 Å². The van der Waals surface area contributed by atoms with Crippen molar-refractivity contribution in [2.24, 2.45) is 0 Å². The highest BCUT2D eigenvalue weighted by atomic mass is 32.2. The summed E-state index contributed by atoms with van der Waals surface area (Å²) in [5.41, 5.74) is 2.07. The van der Waals surface area contributed by atoms with E-state index in [0.29, 0.717) is 23.4 Å². The molecule has 0 aliphatic carbocycles. The van der Waals surface area contributed by atoms with Crippen molar-refractivity contribution in [2.45, 2.75) is 30.2 Å². The number of amides is 2. The summed E-state index contributed by atoms with van der Waals surface area (Å²) in [5.74, 6) is 6.49. The molecule has 0 spiro atoms. The first-order valence-electron chi connectivity index (χ1n) is 11.1. The molecular formula is C24H30N6O2S2. The zero-order valence-electron chi connectivity index (χ0n) is 19.6. The van der Waals surface area contributed by atoms with Crippen molar-refractivity contribution in [1.82, 2.24) is 24.7 Å². The molecule has 3 aromatic rings. The SMILES string of the molecule is CCN(CC)C(=O)CSc1nnc(SCC(=O)N(C)C(c2ccccc2)c2ccccc2)n1N. The minimum absolute atomic E-state index is 0.0249. The van der Waals surface area contributed by atoms with Gasteiger partial charge in [0.05, 0.1) is 17.5 Å². The highest BCUT2D eigenvalue weighted by molar-refractivity contribution is 8.00. The number of nitrogens with two attached hydrogens (primary N) is 1. The summed E-state index contributed by atoms with van der Waals surface area (Å²) in [6.45, 7) is 5.21. The van der Waals surface area contributed by atoms with Crippen molar-refractivity contribution in [2.75, 3.05) is 37.5 Å². The normalized spacial score (nSPS) is 10.9. The van der Waals surface area contributed by atoms with E-state index in [4.69, 9.17) is 5.84 Å². The van der Waals surface area contributed by atoms with Crippen LogP contribution in [0.1, 0.15) is 31.0 Å². The van der Waals surface area contributed by atoms with Gasteiger partial charge in [0.25, 0.3) is 0 Å². The molecule has 2 amide bonds. The molecular weight excluding hydrogens is 468 g/mol. The van der Waals surface area contributed by atoms with Crippen LogP contribution in [0, 0.1) is 0 Å². The molecule has 0 radical (unpaired) electrons. The molecule has 1 heterocycles. The topological polar surface area (TPSA) is 97.4 Å². The maximum absolute atomic E-state index is 13.1. The lowest BCUT2D eigenvalue weighted by Crippen LogP contribution is -2.33. The molecule has 10 heteroatoms. The Morgan fingerprint density at radius 3 is 1.74 bits per heavy atom. The lowest BCUT2D eigenvalue weighted by Gasteiger charge is -2.29. The number of hydrogen-bond donors (Lipinski definition) is 1. The van der Waals surface area contributed by atoms with Crippen LogP contribution in [-0.4, -0.2) is 68.1 Å². The molecule has 0 aliphatic rings. The second-order valence-electron chi connectivity index (χ2n) is 7.51. The van der Waals surface area contributed by atoms with Gasteiger partial charge in [0.15, 0.2) is 0 Å². The van der Waals surface area contributed by atoms with E-state index in [1.807, 2.05) is 74.5 Å². The molecule has 0 atom stereocenters. The summed E-state index contributed by atoms with van der Waals surface area (Å²) >= 11 is 2.47. The Hall–Kier alpha value is -2.98. The van der Waals surface area contributed by atoms with Crippen LogP contribution in [0.5, 0.6) is 0 Å². The van der Waals surface area contributed by atoms with Gasteiger partial charge < -0.3 is 15.6 Å². The van der Waals surface area contributed by atoms with Gasteiger partial charge in [-0.1, -0.05) is 84.2 Å². The molecule has 0 saturated carbocycles. The fourth-order valence-electron chi connectivity index (χ4n) is 3.54. The Bertz CT molecular complexity index is 1030. The molecule has 0 unspecified atom stereocenters. The fourth-order valence-corrected chi connectivity index (χ4v) is 5.13. The minimum atomic E-state index is -0.205. The van der Waals surface area contributed by atoms with E-state index in [1.54, 1.807) is 16.8 Å². The lowest BCUT2D eigenvalue weighted by molar-refractivity contribution is -0.129. The van der Waals surface area contributed by atoms with Crippen LogP contribution in [0.15, 0.2) is 71.0 Å². The van der Waals surface area contributed by atoms with Gasteiger partial charge >= 0.3 is 0 Å². The largest absolute Gasteiger partial charge is 0.343 e. The van der Waals surface area contributed by atoms with Gasteiger partial charge in [-0.3, -0.25) is 9.59 Å². The molecule has 180 valence electrons. The quantitative estimate of drug-likeness (QED) is 0.320. The van der Waals surface area contributed by atoms with Gasteiger partial charge in [0, 0.05) is 20.1 Å². The van der Waals surface area contributed by atoms with Crippen LogP contribution in [0.25, 0.3) is 0 Å². The number of thioether (sulfide) groups is 2. The first kappa shape index (κ1) is 25.6. The Balaban J connectivity index is 1.65. The van der Waals surface area contributed by atoms with Crippen LogP contribution in [-0.2, 0) is 9.59 Å². The Kier molecular flexibility index (Phi) is 9.41. The molecule has 0 aliphatic heterocycles. The third-order valence-electron chi connectivity index (χ3n) is 5.41. The summed E-state index contributed by atoms with van der Waals surface area (Å²) in [4.78, 5) is 28.9. The molecule has 0 bridgehead atoms. The number of carbonyl (C=O) groups excluding carboxylic acids is 2. The highest BCUT2D eigenvalue weighted by Crippen LogP contribution is 2.29. The minimum Gasteiger partial charge on any atom is -0.343 e. The van der Waals surface area contributed by atoms with E-state index in [2.05, 4.69) is 10.2 Å². The standard InChI is InChI=1S/C24H30N6O2S2/c1-4-29(5-2)21(32)17-34-24-27-26-23(30(24)25)33-16-20(31)28(3)22(18-12-8-6-9-13-18)19-14-10-7-11-15-19/h6-15,22H,4-5,16-17,25H2,1-3H3. The van der Waals surface area contributed by atoms with E-state index in [1.165, 1.54) is 28.2 Å². The fraction of sp³-hybridized carbons (Fsp3) is 0.333. The maximum Gasteiger partial charge on any atom is 0.233 e. The predicted molar refractivity (Wildman–Crippen MR) is 137 cm³/mol. The average Bonchev–Trinajstić information content (AvgIpc) is 3.22. The number of rotatable bonds is 11. The maximum atomic E-state index is 13.1. The number of benzene rings is 2.